The molecule has 0 saturated heterocycles. The second-order valence-corrected chi connectivity index (χ2v) is 9.19. The summed E-state index contributed by atoms with van der Waals surface area (Å²) in [4.78, 5) is 31.6. The molecule has 0 aliphatic carbocycles. The molecule has 0 spiro atoms. The first kappa shape index (κ1) is 23.0. The second kappa shape index (κ2) is 8.90. The number of furan rings is 2. The summed E-state index contributed by atoms with van der Waals surface area (Å²) in [6, 6.07) is 15.0. The summed E-state index contributed by atoms with van der Waals surface area (Å²) in [5.74, 6) is -1.24. The van der Waals surface area contributed by atoms with Crippen molar-refractivity contribution in [2.45, 2.75) is 12.5 Å². The predicted octanol–water partition coefficient (Wildman–Crippen LogP) is 5.99. The molecular formula is C28H21ClN2O6. The normalized spacial score (nSPS) is 15.9. The van der Waals surface area contributed by atoms with Crippen molar-refractivity contribution >= 4 is 45.2 Å². The van der Waals surface area contributed by atoms with Crippen LogP contribution in [0.2, 0.25) is 5.02 Å². The van der Waals surface area contributed by atoms with E-state index in [9.17, 15) is 14.7 Å². The molecule has 3 aromatic heterocycles. The van der Waals surface area contributed by atoms with E-state index >= 15 is 0 Å². The zero-order valence-corrected chi connectivity index (χ0v) is 20.4. The average Bonchev–Trinajstić information content (AvgIpc) is 3.69. The third-order valence-corrected chi connectivity index (χ3v) is 6.87. The number of amides is 1. The molecule has 1 aliphatic rings. The molecule has 186 valence electrons. The fraction of sp³-hybridized carbons (Fsp3) is 0.143. The number of ketones is 1. The number of nitrogens with one attached hydrogen (secondary N) is 1. The van der Waals surface area contributed by atoms with Gasteiger partial charge in [0.25, 0.3) is 5.91 Å². The van der Waals surface area contributed by atoms with Gasteiger partial charge in [0.1, 0.15) is 11.8 Å². The van der Waals surface area contributed by atoms with Gasteiger partial charge in [0.2, 0.25) is 5.78 Å². The maximum absolute atomic E-state index is 13.7. The quantitative estimate of drug-likeness (QED) is 0.257. The largest absolute Gasteiger partial charge is 0.503 e. The fourth-order valence-electron chi connectivity index (χ4n) is 4.92. The van der Waals surface area contributed by atoms with Crippen LogP contribution >= 0.6 is 11.6 Å². The van der Waals surface area contributed by atoms with Crippen LogP contribution in [0, 0.1) is 0 Å². The van der Waals surface area contributed by atoms with Gasteiger partial charge in [-0.2, -0.15) is 0 Å². The number of H-pyrrole nitrogens is 1. The lowest BCUT2D eigenvalue weighted by Gasteiger charge is -2.24. The Balaban J connectivity index is 1.37. The highest BCUT2D eigenvalue weighted by Gasteiger charge is 2.45. The Labute approximate surface area is 215 Å². The molecule has 37 heavy (non-hydrogen) atoms. The van der Waals surface area contributed by atoms with Crippen molar-refractivity contribution < 1.29 is 28.3 Å². The van der Waals surface area contributed by atoms with Crippen molar-refractivity contribution in [1.29, 1.82) is 0 Å². The van der Waals surface area contributed by atoms with E-state index in [1.807, 2.05) is 30.5 Å². The van der Waals surface area contributed by atoms with Crippen LogP contribution in [0.4, 0.5) is 0 Å². The first-order chi connectivity index (χ1) is 18.0. The highest BCUT2D eigenvalue weighted by Crippen LogP contribution is 2.41. The number of methoxy groups -OCH3 is 1. The minimum absolute atomic E-state index is 0.0556. The summed E-state index contributed by atoms with van der Waals surface area (Å²) in [6.45, 7) is 0.246. The number of nitrogens with zero attached hydrogens (tertiary/aromatic N) is 1. The number of hydrogen-bond acceptors (Lipinski definition) is 6. The zero-order chi connectivity index (χ0) is 25.7. The third-order valence-electron chi connectivity index (χ3n) is 6.65. The van der Waals surface area contributed by atoms with Crippen LogP contribution < -0.4 is 4.74 Å². The molecule has 1 amide bonds. The fourth-order valence-corrected chi connectivity index (χ4v) is 5.14. The number of aromatic nitrogens is 1. The zero-order valence-electron chi connectivity index (χ0n) is 19.7. The molecule has 0 fully saturated rings. The van der Waals surface area contributed by atoms with Gasteiger partial charge in [-0.1, -0.05) is 29.8 Å². The van der Waals surface area contributed by atoms with Gasteiger partial charge in [0, 0.05) is 40.1 Å². The number of aliphatic hydroxyl groups excluding tert-OH is 1. The highest BCUT2D eigenvalue weighted by molar-refractivity contribution is 6.31. The predicted molar refractivity (Wildman–Crippen MR) is 137 cm³/mol. The number of ether oxygens (including phenoxy) is 1. The Hall–Kier alpha value is -4.43. The van der Waals surface area contributed by atoms with E-state index in [1.54, 1.807) is 24.3 Å². The minimum Gasteiger partial charge on any atom is -0.503 e. The molecule has 0 bridgehead atoms. The summed E-state index contributed by atoms with van der Waals surface area (Å²) in [6.07, 6.45) is 3.87. The van der Waals surface area contributed by atoms with Crippen LogP contribution in [0.25, 0.3) is 21.9 Å². The SMILES string of the molecule is COc1cc(Cl)cc2cc(C(=O)C3=C(O)C(=O)N(CCc4c[nH]c5ccccc45)C3c3ccco3)oc12. The Kier molecular flexibility index (Phi) is 5.53. The van der Waals surface area contributed by atoms with Gasteiger partial charge in [0.15, 0.2) is 22.9 Å². The number of benzene rings is 2. The van der Waals surface area contributed by atoms with E-state index in [0.29, 0.717) is 33.9 Å². The van der Waals surface area contributed by atoms with Crippen molar-refractivity contribution in [3.8, 4) is 5.75 Å². The number of carbonyl (C=O) groups excluding carboxylic acids is 2. The second-order valence-electron chi connectivity index (χ2n) is 8.75. The molecule has 8 nitrogen and oxygen atoms in total. The Morgan fingerprint density at radius 2 is 2.03 bits per heavy atom. The first-order valence-corrected chi connectivity index (χ1v) is 12.0. The lowest BCUT2D eigenvalue weighted by molar-refractivity contribution is -0.129. The van der Waals surface area contributed by atoms with Crippen LogP contribution in [0.3, 0.4) is 0 Å². The first-order valence-electron chi connectivity index (χ1n) is 11.6. The van der Waals surface area contributed by atoms with Gasteiger partial charge in [-0.3, -0.25) is 9.59 Å². The summed E-state index contributed by atoms with van der Waals surface area (Å²) in [5, 5.41) is 12.9. The summed E-state index contributed by atoms with van der Waals surface area (Å²) in [5.41, 5.74) is 2.24. The number of carbonyl (C=O) groups is 2. The number of fused-ring (bicyclic) bond motifs is 2. The van der Waals surface area contributed by atoms with Crippen molar-refractivity contribution in [3.05, 3.63) is 100 Å². The number of halogens is 1. The average molecular weight is 517 g/mol. The number of rotatable bonds is 7. The van der Waals surface area contributed by atoms with E-state index in [4.69, 9.17) is 25.2 Å². The maximum Gasteiger partial charge on any atom is 0.290 e. The van der Waals surface area contributed by atoms with Crippen molar-refractivity contribution in [1.82, 2.24) is 9.88 Å². The van der Waals surface area contributed by atoms with Crippen LogP contribution in [-0.2, 0) is 11.2 Å². The maximum atomic E-state index is 13.7. The van der Waals surface area contributed by atoms with Crippen molar-refractivity contribution in [3.63, 3.8) is 0 Å². The molecule has 5 aromatic rings. The summed E-state index contributed by atoms with van der Waals surface area (Å²) >= 11 is 6.16. The number of Topliss-reactive ketones (excluding diaryl/α,β-unsaturated/α-hetero) is 1. The van der Waals surface area contributed by atoms with Gasteiger partial charge in [-0.15, -0.1) is 0 Å². The van der Waals surface area contributed by atoms with Crippen LogP contribution in [0.15, 0.2) is 87.2 Å². The van der Waals surface area contributed by atoms with Crippen LogP contribution in [0.1, 0.15) is 27.9 Å². The Bertz CT molecular complexity index is 1690. The van der Waals surface area contributed by atoms with Crippen LogP contribution in [0.5, 0.6) is 5.75 Å². The smallest absolute Gasteiger partial charge is 0.290 e. The molecule has 2 N–H and O–H groups in total. The van der Waals surface area contributed by atoms with Gasteiger partial charge in [0.05, 0.1) is 18.9 Å². The third kappa shape index (κ3) is 3.77. The summed E-state index contributed by atoms with van der Waals surface area (Å²) in [7, 11) is 1.47. The van der Waals surface area contributed by atoms with Gasteiger partial charge in [-0.05, 0) is 42.3 Å². The molecule has 0 saturated carbocycles. The molecule has 1 unspecified atom stereocenters. The van der Waals surface area contributed by atoms with Crippen LogP contribution in [-0.4, -0.2) is 40.3 Å². The van der Waals surface area contributed by atoms with Gasteiger partial charge in [-0.25, -0.2) is 0 Å². The Morgan fingerprint density at radius 1 is 1.19 bits per heavy atom. The molecule has 2 aromatic carbocycles. The highest BCUT2D eigenvalue weighted by atomic mass is 35.5. The summed E-state index contributed by atoms with van der Waals surface area (Å²) < 4.78 is 16.8. The number of hydrogen-bond donors (Lipinski definition) is 2. The lowest BCUT2D eigenvalue weighted by atomic mass is 9.99. The number of para-hydroxylation sites is 1. The monoisotopic (exact) mass is 516 g/mol. The van der Waals surface area contributed by atoms with E-state index in [-0.39, 0.29) is 17.9 Å². The molecule has 1 aliphatic heterocycles. The van der Waals surface area contributed by atoms with E-state index < -0.39 is 23.5 Å². The molecule has 1 atom stereocenters. The molecule has 4 heterocycles. The van der Waals surface area contributed by atoms with E-state index in [1.165, 1.54) is 24.3 Å². The number of aromatic amines is 1. The molecule has 0 radical (unpaired) electrons. The molecule has 9 heteroatoms. The van der Waals surface area contributed by atoms with E-state index in [0.717, 1.165) is 16.5 Å². The molecule has 6 rings (SSSR count). The molecular weight excluding hydrogens is 496 g/mol. The minimum atomic E-state index is -0.918. The Morgan fingerprint density at radius 3 is 2.81 bits per heavy atom. The topological polar surface area (TPSA) is 109 Å². The standard InChI is InChI=1S/C28H21ClN2O6/c1-35-22-13-17(29)11-16-12-21(37-27(16)22)25(32)23-24(20-7-4-10-36-20)31(28(34)26(23)33)9-8-15-14-30-19-6-3-2-5-18(15)19/h2-7,10-14,24,30,33H,8-9H2,1H3. The van der Waals surface area contributed by atoms with Gasteiger partial charge < -0.3 is 28.6 Å². The van der Waals surface area contributed by atoms with Crippen molar-refractivity contribution in [2.24, 2.45) is 0 Å². The van der Waals surface area contributed by atoms with Gasteiger partial charge >= 0.3 is 0 Å². The number of aliphatic hydroxyl groups is 1. The van der Waals surface area contributed by atoms with Crippen molar-refractivity contribution in [2.75, 3.05) is 13.7 Å². The van der Waals surface area contributed by atoms with E-state index in [2.05, 4.69) is 4.98 Å². The lowest BCUT2D eigenvalue weighted by Crippen LogP contribution is -2.32.